The first kappa shape index (κ1) is 16.8. The Kier molecular flexibility index (Phi) is 4.48. The lowest BCUT2D eigenvalue weighted by molar-refractivity contribution is 0.354. The molecule has 26 heavy (non-hydrogen) atoms. The van der Waals surface area contributed by atoms with E-state index in [1.807, 2.05) is 42.5 Å². The predicted molar refractivity (Wildman–Crippen MR) is 101 cm³/mol. The molecular weight excluding hydrogens is 372 g/mol. The van der Waals surface area contributed by atoms with Gasteiger partial charge in [0.15, 0.2) is 17.3 Å². The first-order chi connectivity index (χ1) is 12.7. The van der Waals surface area contributed by atoms with Crippen LogP contribution in [0.5, 0.6) is 11.5 Å². The van der Waals surface area contributed by atoms with Gasteiger partial charge in [-0.25, -0.2) is 0 Å². The topological polar surface area (TPSA) is 61.5 Å². The number of halogens is 1. The highest BCUT2D eigenvalue weighted by Gasteiger charge is 2.15. The van der Waals surface area contributed by atoms with Crippen LogP contribution in [-0.2, 0) is 6.42 Å². The third-order valence-corrected chi connectivity index (χ3v) is 5.23. The maximum atomic E-state index is 6.28. The number of fused-ring (bicyclic) bond motifs is 1. The van der Waals surface area contributed by atoms with Crippen LogP contribution in [0.25, 0.3) is 15.5 Å². The van der Waals surface area contributed by atoms with Gasteiger partial charge in [-0.2, -0.15) is 9.61 Å². The summed E-state index contributed by atoms with van der Waals surface area (Å²) >= 11 is 7.74. The number of benzene rings is 2. The van der Waals surface area contributed by atoms with Gasteiger partial charge in [0.1, 0.15) is 5.01 Å². The van der Waals surface area contributed by atoms with Gasteiger partial charge in [-0.1, -0.05) is 47.2 Å². The predicted octanol–water partition coefficient (Wildman–Crippen LogP) is 4.11. The van der Waals surface area contributed by atoms with E-state index >= 15 is 0 Å². The molecule has 0 saturated heterocycles. The molecule has 2 heterocycles. The quantitative estimate of drug-likeness (QED) is 0.516. The zero-order chi connectivity index (χ0) is 18.1. The monoisotopic (exact) mass is 386 g/mol. The van der Waals surface area contributed by atoms with Crippen molar-refractivity contribution < 1.29 is 9.47 Å². The van der Waals surface area contributed by atoms with Crippen molar-refractivity contribution in [2.75, 3.05) is 14.2 Å². The van der Waals surface area contributed by atoms with Crippen molar-refractivity contribution in [3.8, 4) is 22.1 Å². The highest BCUT2D eigenvalue weighted by atomic mass is 35.5. The Morgan fingerprint density at radius 2 is 1.85 bits per heavy atom. The molecule has 0 aliphatic rings. The first-order valence-corrected chi connectivity index (χ1v) is 9.06. The van der Waals surface area contributed by atoms with Crippen molar-refractivity contribution in [2.45, 2.75) is 6.42 Å². The van der Waals surface area contributed by atoms with E-state index < -0.39 is 0 Å². The second-order valence-electron chi connectivity index (χ2n) is 5.56. The van der Waals surface area contributed by atoms with Gasteiger partial charge in [-0.05, 0) is 23.8 Å². The number of hydrogen-bond donors (Lipinski definition) is 0. The third kappa shape index (κ3) is 3.00. The molecular formula is C18H15ClN4O2S. The Balaban J connectivity index is 1.69. The van der Waals surface area contributed by atoms with Gasteiger partial charge in [0.2, 0.25) is 4.96 Å². The summed E-state index contributed by atoms with van der Waals surface area (Å²) in [6.07, 6.45) is 0.577. The van der Waals surface area contributed by atoms with Crippen LogP contribution >= 0.6 is 22.9 Å². The lowest BCUT2D eigenvalue weighted by atomic mass is 10.1. The van der Waals surface area contributed by atoms with Gasteiger partial charge in [-0.3, -0.25) is 0 Å². The normalized spacial score (nSPS) is 11.0. The van der Waals surface area contributed by atoms with Crippen molar-refractivity contribution in [2.24, 2.45) is 0 Å². The second-order valence-corrected chi connectivity index (χ2v) is 6.93. The molecule has 2 aromatic heterocycles. The number of methoxy groups -OCH3 is 2. The maximum Gasteiger partial charge on any atom is 0.234 e. The Morgan fingerprint density at radius 1 is 1.04 bits per heavy atom. The van der Waals surface area contributed by atoms with Gasteiger partial charge >= 0.3 is 0 Å². The van der Waals surface area contributed by atoms with Crippen LogP contribution in [0.1, 0.15) is 11.4 Å². The lowest BCUT2D eigenvalue weighted by Crippen LogP contribution is -1.99. The van der Waals surface area contributed by atoms with Crippen molar-refractivity contribution in [3.63, 3.8) is 0 Å². The van der Waals surface area contributed by atoms with Gasteiger partial charge in [0.25, 0.3) is 0 Å². The summed E-state index contributed by atoms with van der Waals surface area (Å²) in [5.74, 6) is 2.12. The van der Waals surface area contributed by atoms with Crippen LogP contribution in [0, 0.1) is 0 Å². The zero-order valence-corrected chi connectivity index (χ0v) is 15.7. The standard InChI is InChI=1S/C18H15ClN4O2S/c1-24-14-8-7-11(9-15(14)25-2)10-16-20-21-18-23(16)22-17(26-18)12-5-3-4-6-13(12)19/h3-9H,10H2,1-2H3. The molecule has 0 unspecified atom stereocenters. The summed E-state index contributed by atoms with van der Waals surface area (Å²) in [4.78, 5) is 0.732. The van der Waals surface area contributed by atoms with E-state index in [0.717, 1.165) is 26.9 Å². The van der Waals surface area contributed by atoms with E-state index in [1.165, 1.54) is 11.3 Å². The SMILES string of the molecule is COc1ccc(Cc2nnc3sc(-c4ccccc4Cl)nn23)cc1OC. The summed E-state index contributed by atoms with van der Waals surface area (Å²) in [5, 5.41) is 14.6. The molecule has 2 aromatic carbocycles. The van der Waals surface area contributed by atoms with Crippen LogP contribution in [-0.4, -0.2) is 34.0 Å². The summed E-state index contributed by atoms with van der Waals surface area (Å²) in [6.45, 7) is 0. The van der Waals surface area contributed by atoms with E-state index in [0.29, 0.717) is 22.9 Å². The van der Waals surface area contributed by atoms with Crippen LogP contribution < -0.4 is 9.47 Å². The van der Waals surface area contributed by atoms with Crippen molar-refractivity contribution >= 4 is 27.9 Å². The average Bonchev–Trinajstić information content (AvgIpc) is 3.24. The molecule has 0 fully saturated rings. The molecule has 0 amide bonds. The van der Waals surface area contributed by atoms with Crippen molar-refractivity contribution in [1.29, 1.82) is 0 Å². The van der Waals surface area contributed by atoms with Crippen LogP contribution in [0.3, 0.4) is 0 Å². The van der Waals surface area contributed by atoms with E-state index in [1.54, 1.807) is 18.7 Å². The smallest absolute Gasteiger partial charge is 0.234 e. The van der Waals surface area contributed by atoms with Gasteiger partial charge in [-0.15, -0.1) is 10.2 Å². The maximum absolute atomic E-state index is 6.28. The Labute approximate surface area is 159 Å². The Bertz CT molecular complexity index is 1080. The molecule has 0 saturated carbocycles. The van der Waals surface area contributed by atoms with Crippen LogP contribution in [0.15, 0.2) is 42.5 Å². The average molecular weight is 387 g/mol. The van der Waals surface area contributed by atoms with Crippen LogP contribution in [0.2, 0.25) is 5.02 Å². The largest absolute Gasteiger partial charge is 0.493 e. The molecule has 6 nitrogen and oxygen atoms in total. The summed E-state index contributed by atoms with van der Waals surface area (Å²) in [6, 6.07) is 13.4. The number of ether oxygens (including phenoxy) is 2. The Hall–Kier alpha value is -2.64. The summed E-state index contributed by atoms with van der Waals surface area (Å²) in [7, 11) is 3.23. The third-order valence-electron chi connectivity index (χ3n) is 3.97. The molecule has 4 aromatic rings. The van der Waals surface area contributed by atoms with Crippen LogP contribution in [0.4, 0.5) is 0 Å². The molecule has 0 bridgehead atoms. The zero-order valence-electron chi connectivity index (χ0n) is 14.1. The highest BCUT2D eigenvalue weighted by molar-refractivity contribution is 7.19. The lowest BCUT2D eigenvalue weighted by Gasteiger charge is -2.08. The van der Waals surface area contributed by atoms with Gasteiger partial charge in [0, 0.05) is 12.0 Å². The Morgan fingerprint density at radius 3 is 2.62 bits per heavy atom. The second kappa shape index (κ2) is 6.93. The highest BCUT2D eigenvalue weighted by Crippen LogP contribution is 2.32. The fourth-order valence-corrected chi connectivity index (χ4v) is 3.86. The molecule has 0 atom stereocenters. The summed E-state index contributed by atoms with van der Waals surface area (Å²) < 4.78 is 12.4. The number of rotatable bonds is 5. The number of hydrogen-bond acceptors (Lipinski definition) is 6. The minimum Gasteiger partial charge on any atom is -0.493 e. The fourth-order valence-electron chi connectivity index (χ4n) is 2.68. The fraction of sp³-hybridized carbons (Fsp3) is 0.167. The molecule has 0 radical (unpaired) electrons. The summed E-state index contributed by atoms with van der Waals surface area (Å²) in [5.41, 5.74) is 1.92. The van der Waals surface area contributed by atoms with E-state index in [9.17, 15) is 0 Å². The van der Waals surface area contributed by atoms with E-state index in [2.05, 4.69) is 15.3 Å². The van der Waals surface area contributed by atoms with Gasteiger partial charge < -0.3 is 9.47 Å². The van der Waals surface area contributed by atoms with Crippen molar-refractivity contribution in [3.05, 3.63) is 58.9 Å². The van der Waals surface area contributed by atoms with Crippen molar-refractivity contribution in [1.82, 2.24) is 19.8 Å². The first-order valence-electron chi connectivity index (χ1n) is 7.86. The molecule has 4 rings (SSSR count). The molecule has 0 spiro atoms. The molecule has 132 valence electrons. The number of nitrogens with zero attached hydrogens (tertiary/aromatic N) is 4. The van der Waals surface area contributed by atoms with E-state index in [-0.39, 0.29) is 0 Å². The molecule has 8 heteroatoms. The van der Waals surface area contributed by atoms with E-state index in [4.69, 9.17) is 21.1 Å². The molecule has 0 N–H and O–H groups in total. The minimum absolute atomic E-state index is 0.577. The molecule has 0 aliphatic carbocycles. The molecule has 0 aliphatic heterocycles. The van der Waals surface area contributed by atoms with Gasteiger partial charge in [0.05, 0.1) is 19.2 Å². The number of aromatic nitrogens is 4. The minimum atomic E-state index is 0.577.